The molecule has 1 saturated heterocycles. The molecule has 3 rings (SSSR count). The Kier molecular flexibility index (Phi) is 4.08. The Balaban J connectivity index is 1.85. The van der Waals surface area contributed by atoms with Gasteiger partial charge in [0.1, 0.15) is 5.75 Å². The summed E-state index contributed by atoms with van der Waals surface area (Å²) in [5.41, 5.74) is 4.04. The molecule has 1 fully saturated rings. The molecule has 0 bridgehead atoms. The Morgan fingerprint density at radius 1 is 1.40 bits per heavy atom. The highest BCUT2D eigenvalue weighted by Crippen LogP contribution is 2.33. The van der Waals surface area contributed by atoms with Crippen molar-refractivity contribution in [2.24, 2.45) is 0 Å². The standard InChI is InChI=1S/C17H24N2O/c1-13(2)11-16(19-8-6-18-7-9-19)14-3-4-17-15(12-14)5-10-20-17/h3-4,12,16,18H,1,5-11H2,2H3/t16-/m0/s1. The highest BCUT2D eigenvalue weighted by molar-refractivity contribution is 5.41. The fourth-order valence-corrected chi connectivity index (χ4v) is 3.20. The molecule has 1 N–H and O–H groups in total. The summed E-state index contributed by atoms with van der Waals surface area (Å²) in [6, 6.07) is 7.18. The second-order valence-corrected chi connectivity index (χ2v) is 5.93. The van der Waals surface area contributed by atoms with E-state index in [1.807, 2.05) is 0 Å². The van der Waals surface area contributed by atoms with E-state index in [9.17, 15) is 0 Å². The monoisotopic (exact) mass is 272 g/mol. The van der Waals surface area contributed by atoms with Crippen molar-refractivity contribution in [1.82, 2.24) is 10.2 Å². The first-order valence-electron chi connectivity index (χ1n) is 7.59. The summed E-state index contributed by atoms with van der Waals surface area (Å²) in [4.78, 5) is 2.59. The van der Waals surface area contributed by atoms with Crippen molar-refractivity contribution >= 4 is 0 Å². The lowest BCUT2D eigenvalue weighted by Gasteiger charge is -2.35. The van der Waals surface area contributed by atoms with Crippen molar-refractivity contribution in [3.63, 3.8) is 0 Å². The van der Waals surface area contributed by atoms with Crippen molar-refractivity contribution in [3.8, 4) is 5.75 Å². The SMILES string of the molecule is C=C(C)C[C@@H](c1ccc2c(c1)CCO2)N1CCNCC1. The van der Waals surface area contributed by atoms with E-state index in [0.717, 1.165) is 51.4 Å². The predicted octanol–water partition coefficient (Wildman–Crippen LogP) is 2.53. The minimum absolute atomic E-state index is 0.459. The first kappa shape index (κ1) is 13.7. The number of fused-ring (bicyclic) bond motifs is 1. The fraction of sp³-hybridized carbons (Fsp3) is 0.529. The van der Waals surface area contributed by atoms with Crippen molar-refractivity contribution in [2.45, 2.75) is 25.8 Å². The van der Waals surface area contributed by atoms with Crippen LogP contribution in [0.3, 0.4) is 0 Å². The molecular formula is C17H24N2O. The lowest BCUT2D eigenvalue weighted by molar-refractivity contribution is 0.172. The van der Waals surface area contributed by atoms with Crippen LogP contribution in [0.5, 0.6) is 5.75 Å². The molecule has 108 valence electrons. The molecule has 1 aromatic rings. The largest absolute Gasteiger partial charge is 0.493 e. The van der Waals surface area contributed by atoms with E-state index in [2.05, 4.69) is 41.9 Å². The van der Waals surface area contributed by atoms with Crippen LogP contribution in [0.1, 0.15) is 30.5 Å². The molecule has 2 aliphatic heterocycles. The van der Waals surface area contributed by atoms with E-state index in [4.69, 9.17) is 4.74 Å². The Labute approximate surface area is 121 Å². The highest BCUT2D eigenvalue weighted by Gasteiger charge is 2.23. The Hall–Kier alpha value is -1.32. The molecule has 0 amide bonds. The minimum Gasteiger partial charge on any atom is -0.493 e. The first-order valence-corrected chi connectivity index (χ1v) is 7.59. The van der Waals surface area contributed by atoms with Gasteiger partial charge in [0.05, 0.1) is 6.61 Å². The van der Waals surface area contributed by atoms with Gasteiger partial charge in [-0.05, 0) is 30.5 Å². The lowest BCUT2D eigenvalue weighted by atomic mass is 9.96. The average molecular weight is 272 g/mol. The molecule has 3 nitrogen and oxygen atoms in total. The number of nitrogens with zero attached hydrogens (tertiary/aromatic N) is 1. The molecule has 2 heterocycles. The number of benzene rings is 1. The van der Waals surface area contributed by atoms with Gasteiger partial charge in [-0.25, -0.2) is 0 Å². The number of nitrogens with one attached hydrogen (secondary N) is 1. The van der Waals surface area contributed by atoms with Crippen LogP contribution in [-0.2, 0) is 6.42 Å². The van der Waals surface area contributed by atoms with Crippen LogP contribution in [0.4, 0.5) is 0 Å². The highest BCUT2D eigenvalue weighted by atomic mass is 16.5. The zero-order valence-electron chi connectivity index (χ0n) is 12.3. The average Bonchev–Trinajstić information content (AvgIpc) is 2.93. The van der Waals surface area contributed by atoms with E-state index >= 15 is 0 Å². The number of hydrogen-bond donors (Lipinski definition) is 1. The van der Waals surface area contributed by atoms with E-state index in [1.54, 1.807) is 0 Å². The number of piperazine rings is 1. The molecule has 0 saturated carbocycles. The molecule has 2 aliphatic rings. The van der Waals surface area contributed by atoms with Gasteiger partial charge in [0.25, 0.3) is 0 Å². The zero-order chi connectivity index (χ0) is 13.9. The van der Waals surface area contributed by atoms with Crippen LogP contribution < -0.4 is 10.1 Å². The number of rotatable bonds is 4. The van der Waals surface area contributed by atoms with E-state index < -0.39 is 0 Å². The molecule has 0 aromatic heterocycles. The summed E-state index contributed by atoms with van der Waals surface area (Å²) in [6.07, 6.45) is 2.09. The van der Waals surface area contributed by atoms with Crippen LogP contribution in [0.25, 0.3) is 0 Å². The fourth-order valence-electron chi connectivity index (χ4n) is 3.20. The van der Waals surface area contributed by atoms with Crippen molar-refractivity contribution < 1.29 is 4.74 Å². The molecule has 0 aliphatic carbocycles. The summed E-state index contributed by atoms with van der Waals surface area (Å²) in [5, 5.41) is 3.43. The molecule has 0 unspecified atom stereocenters. The number of ether oxygens (including phenoxy) is 1. The van der Waals surface area contributed by atoms with Crippen molar-refractivity contribution in [3.05, 3.63) is 41.5 Å². The van der Waals surface area contributed by atoms with Crippen LogP contribution in [0, 0.1) is 0 Å². The molecule has 20 heavy (non-hydrogen) atoms. The molecule has 1 atom stereocenters. The van der Waals surface area contributed by atoms with Gasteiger partial charge in [-0.2, -0.15) is 0 Å². The minimum atomic E-state index is 0.459. The first-order chi connectivity index (χ1) is 9.74. The van der Waals surface area contributed by atoms with Gasteiger partial charge >= 0.3 is 0 Å². The van der Waals surface area contributed by atoms with Gasteiger partial charge < -0.3 is 10.1 Å². The van der Waals surface area contributed by atoms with Gasteiger partial charge in [-0.15, -0.1) is 6.58 Å². The van der Waals surface area contributed by atoms with Crippen LogP contribution >= 0.6 is 0 Å². The zero-order valence-corrected chi connectivity index (χ0v) is 12.3. The quantitative estimate of drug-likeness (QED) is 0.853. The van der Waals surface area contributed by atoms with E-state index in [0.29, 0.717) is 6.04 Å². The maximum absolute atomic E-state index is 5.62. The third-order valence-electron chi connectivity index (χ3n) is 4.23. The van der Waals surface area contributed by atoms with Crippen LogP contribution in [0.2, 0.25) is 0 Å². The molecule has 0 radical (unpaired) electrons. The van der Waals surface area contributed by atoms with Crippen molar-refractivity contribution in [2.75, 3.05) is 32.8 Å². The van der Waals surface area contributed by atoms with Gasteiger partial charge in [0.15, 0.2) is 0 Å². The summed E-state index contributed by atoms with van der Waals surface area (Å²) in [6.45, 7) is 11.5. The van der Waals surface area contributed by atoms with Crippen LogP contribution in [0.15, 0.2) is 30.4 Å². The maximum Gasteiger partial charge on any atom is 0.122 e. The van der Waals surface area contributed by atoms with Gasteiger partial charge in [-0.3, -0.25) is 4.90 Å². The molecule has 3 heteroatoms. The second-order valence-electron chi connectivity index (χ2n) is 5.93. The summed E-state index contributed by atoms with van der Waals surface area (Å²) in [5.74, 6) is 1.07. The third kappa shape index (κ3) is 2.89. The molecular weight excluding hydrogens is 248 g/mol. The maximum atomic E-state index is 5.62. The Bertz CT molecular complexity index is 492. The number of hydrogen-bond acceptors (Lipinski definition) is 3. The van der Waals surface area contributed by atoms with Gasteiger partial charge in [0.2, 0.25) is 0 Å². The third-order valence-corrected chi connectivity index (χ3v) is 4.23. The van der Waals surface area contributed by atoms with Gasteiger partial charge in [-0.1, -0.05) is 17.7 Å². The molecule has 1 aromatic carbocycles. The Morgan fingerprint density at radius 3 is 2.95 bits per heavy atom. The predicted molar refractivity (Wildman–Crippen MR) is 82.3 cm³/mol. The van der Waals surface area contributed by atoms with Crippen molar-refractivity contribution in [1.29, 1.82) is 0 Å². The summed E-state index contributed by atoms with van der Waals surface area (Å²) in [7, 11) is 0. The van der Waals surface area contributed by atoms with Gasteiger partial charge in [0, 0.05) is 38.6 Å². The lowest BCUT2D eigenvalue weighted by Crippen LogP contribution is -2.45. The molecule has 0 spiro atoms. The summed E-state index contributed by atoms with van der Waals surface area (Å²) >= 11 is 0. The van der Waals surface area contributed by atoms with Crippen LogP contribution in [-0.4, -0.2) is 37.7 Å². The Morgan fingerprint density at radius 2 is 2.20 bits per heavy atom. The normalized spacial score (nSPS) is 20.2. The van der Waals surface area contributed by atoms with E-state index in [1.165, 1.54) is 16.7 Å². The van der Waals surface area contributed by atoms with E-state index in [-0.39, 0.29) is 0 Å². The summed E-state index contributed by atoms with van der Waals surface area (Å²) < 4.78 is 5.62. The smallest absolute Gasteiger partial charge is 0.122 e. The topological polar surface area (TPSA) is 24.5 Å². The second kappa shape index (κ2) is 5.98.